The Morgan fingerprint density at radius 3 is 2.68 bits per heavy atom. The van der Waals surface area contributed by atoms with Crippen LogP contribution in [0.4, 0.5) is 5.69 Å². The quantitative estimate of drug-likeness (QED) is 0.724. The third-order valence-corrected chi connectivity index (χ3v) is 4.02. The van der Waals surface area contributed by atoms with E-state index in [1.165, 1.54) is 5.56 Å². The van der Waals surface area contributed by atoms with Gasteiger partial charge in [-0.15, -0.1) is 0 Å². The third kappa shape index (κ3) is 4.39. The van der Waals surface area contributed by atoms with Crippen LogP contribution >= 0.6 is 11.6 Å². The van der Waals surface area contributed by atoms with Crippen molar-refractivity contribution in [2.45, 2.75) is 13.3 Å². The van der Waals surface area contributed by atoms with Crippen molar-refractivity contribution in [3.8, 4) is 11.4 Å². The summed E-state index contributed by atoms with van der Waals surface area (Å²) in [5.74, 6) is 0.423. The van der Waals surface area contributed by atoms with Gasteiger partial charge in [0.05, 0.1) is 17.0 Å². The monoisotopic (exact) mass is 355 g/mol. The maximum absolute atomic E-state index is 12.0. The number of imidazole rings is 1. The SMILES string of the molecule is CCc1ccc(OCC(=O)Nc2ccc(-n3ccnc3)c(Cl)c2)cc1. The first-order valence-corrected chi connectivity index (χ1v) is 8.33. The molecule has 0 atom stereocenters. The van der Waals surface area contributed by atoms with Crippen LogP contribution in [0.5, 0.6) is 5.75 Å². The maximum atomic E-state index is 12.0. The fraction of sp³-hybridized carbons (Fsp3) is 0.158. The molecule has 3 aromatic rings. The van der Waals surface area contributed by atoms with E-state index in [-0.39, 0.29) is 12.5 Å². The van der Waals surface area contributed by atoms with Gasteiger partial charge in [-0.25, -0.2) is 4.98 Å². The number of ether oxygens (including phenoxy) is 1. The van der Waals surface area contributed by atoms with Gasteiger partial charge in [0.1, 0.15) is 5.75 Å². The Bertz CT molecular complexity index is 846. The molecule has 0 spiro atoms. The van der Waals surface area contributed by atoms with E-state index in [2.05, 4.69) is 17.2 Å². The zero-order valence-electron chi connectivity index (χ0n) is 13.8. The molecule has 6 heteroatoms. The first kappa shape index (κ1) is 17.0. The standard InChI is InChI=1S/C19H18ClN3O2/c1-2-14-3-6-16(7-4-14)25-12-19(24)22-15-5-8-18(17(20)11-15)23-10-9-21-13-23/h3-11,13H,2,12H2,1H3,(H,22,24). The molecule has 0 fully saturated rings. The van der Waals surface area contributed by atoms with Gasteiger partial charge in [-0.1, -0.05) is 30.7 Å². The van der Waals surface area contributed by atoms with Crippen molar-refractivity contribution in [1.82, 2.24) is 9.55 Å². The van der Waals surface area contributed by atoms with Gasteiger partial charge in [-0.2, -0.15) is 0 Å². The molecule has 0 aliphatic rings. The van der Waals surface area contributed by atoms with Crippen LogP contribution < -0.4 is 10.1 Å². The highest BCUT2D eigenvalue weighted by Crippen LogP contribution is 2.24. The summed E-state index contributed by atoms with van der Waals surface area (Å²) in [6.45, 7) is 2.03. The number of halogens is 1. The van der Waals surface area contributed by atoms with Crippen molar-refractivity contribution in [2.24, 2.45) is 0 Å². The molecule has 0 aliphatic heterocycles. The molecular weight excluding hydrogens is 338 g/mol. The van der Waals surface area contributed by atoms with E-state index in [1.54, 1.807) is 35.4 Å². The lowest BCUT2D eigenvalue weighted by Gasteiger charge is -2.10. The van der Waals surface area contributed by atoms with Gasteiger partial charge in [-0.05, 0) is 42.3 Å². The van der Waals surface area contributed by atoms with Crippen molar-refractivity contribution < 1.29 is 9.53 Å². The van der Waals surface area contributed by atoms with E-state index >= 15 is 0 Å². The predicted octanol–water partition coefficient (Wildman–Crippen LogP) is 4.11. The number of aromatic nitrogens is 2. The summed E-state index contributed by atoms with van der Waals surface area (Å²) in [4.78, 5) is 16.0. The zero-order valence-corrected chi connectivity index (χ0v) is 14.5. The molecule has 0 saturated heterocycles. The number of nitrogens with zero attached hydrogens (tertiary/aromatic N) is 2. The van der Waals surface area contributed by atoms with Crippen LogP contribution in [0.15, 0.2) is 61.2 Å². The number of rotatable bonds is 6. The second-order valence-electron chi connectivity index (χ2n) is 5.47. The normalized spacial score (nSPS) is 10.5. The first-order chi connectivity index (χ1) is 12.2. The molecule has 1 N–H and O–H groups in total. The number of benzene rings is 2. The minimum atomic E-state index is -0.244. The number of hydrogen-bond acceptors (Lipinski definition) is 3. The average molecular weight is 356 g/mol. The molecule has 0 radical (unpaired) electrons. The lowest BCUT2D eigenvalue weighted by Crippen LogP contribution is -2.20. The summed E-state index contributed by atoms with van der Waals surface area (Å²) in [5, 5.41) is 3.30. The Balaban J connectivity index is 1.58. The van der Waals surface area contributed by atoms with Gasteiger partial charge in [0, 0.05) is 18.1 Å². The minimum Gasteiger partial charge on any atom is -0.484 e. The molecular formula is C19H18ClN3O2. The largest absolute Gasteiger partial charge is 0.484 e. The fourth-order valence-electron chi connectivity index (χ4n) is 2.36. The smallest absolute Gasteiger partial charge is 0.262 e. The van der Waals surface area contributed by atoms with Crippen molar-refractivity contribution in [3.63, 3.8) is 0 Å². The number of carbonyl (C=O) groups is 1. The van der Waals surface area contributed by atoms with E-state index in [0.29, 0.717) is 16.5 Å². The van der Waals surface area contributed by atoms with Gasteiger partial charge < -0.3 is 14.6 Å². The number of carbonyl (C=O) groups excluding carboxylic acids is 1. The van der Waals surface area contributed by atoms with Crippen LogP contribution in [0, 0.1) is 0 Å². The molecule has 1 heterocycles. The molecule has 0 unspecified atom stereocenters. The second-order valence-corrected chi connectivity index (χ2v) is 5.88. The molecule has 2 aromatic carbocycles. The number of hydrogen-bond donors (Lipinski definition) is 1. The number of anilines is 1. The summed E-state index contributed by atoms with van der Waals surface area (Å²) in [7, 11) is 0. The van der Waals surface area contributed by atoms with E-state index in [1.807, 2.05) is 30.3 Å². The second kappa shape index (κ2) is 7.85. The average Bonchev–Trinajstić information content (AvgIpc) is 3.15. The van der Waals surface area contributed by atoms with Crippen LogP contribution in [0.2, 0.25) is 5.02 Å². The molecule has 1 aromatic heterocycles. The van der Waals surface area contributed by atoms with Crippen LogP contribution in [0.3, 0.4) is 0 Å². The Labute approximate surface area is 151 Å². The van der Waals surface area contributed by atoms with Crippen molar-refractivity contribution in [2.75, 3.05) is 11.9 Å². The van der Waals surface area contributed by atoms with Gasteiger partial charge >= 0.3 is 0 Å². The zero-order chi connectivity index (χ0) is 17.6. The predicted molar refractivity (Wildman–Crippen MR) is 98.5 cm³/mol. The first-order valence-electron chi connectivity index (χ1n) is 7.95. The van der Waals surface area contributed by atoms with Crippen molar-refractivity contribution in [3.05, 3.63) is 71.8 Å². The number of nitrogens with one attached hydrogen (secondary N) is 1. The molecule has 1 amide bonds. The number of amides is 1. The van der Waals surface area contributed by atoms with Gasteiger partial charge in [0.25, 0.3) is 5.91 Å². The Morgan fingerprint density at radius 1 is 1.24 bits per heavy atom. The van der Waals surface area contributed by atoms with Gasteiger partial charge in [-0.3, -0.25) is 4.79 Å². The Hall–Kier alpha value is -2.79. The minimum absolute atomic E-state index is 0.0631. The van der Waals surface area contributed by atoms with E-state index in [4.69, 9.17) is 16.3 Å². The topological polar surface area (TPSA) is 56.1 Å². The van der Waals surface area contributed by atoms with Gasteiger partial charge in [0.15, 0.2) is 6.61 Å². The Kier molecular flexibility index (Phi) is 5.36. The molecule has 128 valence electrons. The highest BCUT2D eigenvalue weighted by atomic mass is 35.5. The maximum Gasteiger partial charge on any atom is 0.262 e. The van der Waals surface area contributed by atoms with Crippen LogP contribution in [0.25, 0.3) is 5.69 Å². The molecule has 25 heavy (non-hydrogen) atoms. The fourth-order valence-corrected chi connectivity index (χ4v) is 2.64. The summed E-state index contributed by atoms with van der Waals surface area (Å²) >= 11 is 6.27. The van der Waals surface area contributed by atoms with Crippen molar-refractivity contribution in [1.29, 1.82) is 0 Å². The van der Waals surface area contributed by atoms with Crippen LogP contribution in [0.1, 0.15) is 12.5 Å². The summed E-state index contributed by atoms with van der Waals surface area (Å²) in [6, 6.07) is 13.0. The van der Waals surface area contributed by atoms with E-state index in [9.17, 15) is 4.79 Å². The van der Waals surface area contributed by atoms with E-state index < -0.39 is 0 Å². The van der Waals surface area contributed by atoms with Crippen LogP contribution in [-0.2, 0) is 11.2 Å². The summed E-state index contributed by atoms with van der Waals surface area (Å²) in [5.41, 5.74) is 2.64. The van der Waals surface area contributed by atoms with E-state index in [0.717, 1.165) is 12.1 Å². The molecule has 0 bridgehead atoms. The highest BCUT2D eigenvalue weighted by Gasteiger charge is 2.07. The summed E-state index contributed by atoms with van der Waals surface area (Å²) in [6.07, 6.45) is 6.11. The Morgan fingerprint density at radius 2 is 2.04 bits per heavy atom. The van der Waals surface area contributed by atoms with Gasteiger partial charge in [0.2, 0.25) is 0 Å². The highest BCUT2D eigenvalue weighted by molar-refractivity contribution is 6.32. The lowest BCUT2D eigenvalue weighted by molar-refractivity contribution is -0.118. The molecule has 0 saturated carbocycles. The number of aryl methyl sites for hydroxylation is 1. The molecule has 3 rings (SSSR count). The third-order valence-electron chi connectivity index (χ3n) is 3.72. The van der Waals surface area contributed by atoms with Crippen molar-refractivity contribution >= 4 is 23.2 Å². The molecule has 5 nitrogen and oxygen atoms in total. The summed E-state index contributed by atoms with van der Waals surface area (Å²) < 4.78 is 7.30. The molecule has 0 aliphatic carbocycles. The lowest BCUT2D eigenvalue weighted by atomic mass is 10.2. The van der Waals surface area contributed by atoms with Crippen LogP contribution in [-0.4, -0.2) is 22.1 Å².